The van der Waals surface area contributed by atoms with E-state index in [0.29, 0.717) is 0 Å². The van der Waals surface area contributed by atoms with Gasteiger partial charge in [-0.2, -0.15) is 5.10 Å². The van der Waals surface area contributed by atoms with Crippen molar-refractivity contribution in [3.8, 4) is 0 Å². The zero-order valence-corrected chi connectivity index (χ0v) is 8.15. The average Bonchev–Trinajstić information content (AvgIpc) is 2.35. The van der Waals surface area contributed by atoms with Crippen LogP contribution in [-0.2, 0) is 0 Å². The van der Waals surface area contributed by atoms with Crippen molar-refractivity contribution in [1.29, 1.82) is 0 Å². The van der Waals surface area contributed by atoms with E-state index in [0.717, 1.165) is 12.1 Å². The Balaban J connectivity index is 2.50. The molecule has 0 bridgehead atoms. The molecule has 67 valence electrons. The molecule has 1 N–H and O–H groups in total. The van der Waals surface area contributed by atoms with Gasteiger partial charge >= 0.3 is 0 Å². The monoisotopic (exact) mass is 165 g/mol. The predicted molar refractivity (Wildman–Crippen MR) is 51.0 cm³/mol. The van der Waals surface area contributed by atoms with Crippen LogP contribution in [-0.4, -0.2) is 10.2 Å². The van der Waals surface area contributed by atoms with E-state index in [9.17, 15) is 0 Å². The number of rotatable bonds is 4. The van der Waals surface area contributed by atoms with E-state index < -0.39 is 0 Å². The number of aromatic nitrogens is 2. The van der Waals surface area contributed by atoms with Crippen molar-refractivity contribution in [3.63, 3.8) is 0 Å². The third-order valence-electron chi connectivity index (χ3n) is 2.09. The van der Waals surface area contributed by atoms with Gasteiger partial charge in [0.1, 0.15) is 0 Å². The highest BCUT2D eigenvalue weighted by Gasteiger charge is 2.04. The van der Waals surface area contributed by atoms with Gasteiger partial charge in [-0.05, 0) is 32.3 Å². The smallest absolute Gasteiger partial charge is 0.0628 e. The van der Waals surface area contributed by atoms with Gasteiger partial charge in [0.2, 0.25) is 0 Å². The molecule has 2 nitrogen and oxygen atoms in total. The van der Waals surface area contributed by atoms with Crippen LogP contribution in [0.15, 0.2) is 0 Å². The minimum absolute atomic E-state index is 1.11. The van der Waals surface area contributed by atoms with E-state index in [2.05, 4.69) is 30.5 Å². The second-order valence-corrected chi connectivity index (χ2v) is 3.19. The summed E-state index contributed by atoms with van der Waals surface area (Å²) in [6.45, 7) is 6.32. The molecule has 0 fully saturated rings. The highest BCUT2D eigenvalue weighted by Crippen LogP contribution is 2.14. The molecule has 1 rings (SSSR count). The number of unbranched alkanes of at least 4 members (excludes halogenated alkanes) is 2. The molecule has 0 spiro atoms. The topological polar surface area (TPSA) is 28.7 Å². The molecular weight excluding hydrogens is 148 g/mol. The van der Waals surface area contributed by atoms with Crippen molar-refractivity contribution >= 4 is 0 Å². The molecule has 0 amide bonds. The Morgan fingerprint density at radius 2 is 2.17 bits per heavy atom. The van der Waals surface area contributed by atoms with Crippen LogP contribution in [0.3, 0.4) is 0 Å². The van der Waals surface area contributed by atoms with E-state index in [1.54, 1.807) is 0 Å². The van der Waals surface area contributed by atoms with E-state index in [1.165, 1.54) is 24.1 Å². The van der Waals surface area contributed by atoms with Crippen molar-refractivity contribution in [3.05, 3.63) is 23.4 Å². The first kappa shape index (κ1) is 9.30. The Hall–Kier alpha value is -0.790. The quantitative estimate of drug-likeness (QED) is 0.683. The molecule has 0 aliphatic heterocycles. The Labute approximate surface area is 74.4 Å². The number of H-pyrrole nitrogens is 1. The summed E-state index contributed by atoms with van der Waals surface area (Å²) in [5.41, 5.74) is 3.59. The molecule has 1 radical (unpaired) electrons. The molecule has 0 aliphatic rings. The molecule has 0 unspecified atom stereocenters. The number of nitrogens with one attached hydrogen (secondary N) is 1. The number of aryl methyl sites for hydroxylation is 2. The molecule has 0 saturated carbocycles. The lowest BCUT2D eigenvalue weighted by atomic mass is 10.1. The van der Waals surface area contributed by atoms with Crippen molar-refractivity contribution in [2.75, 3.05) is 0 Å². The zero-order chi connectivity index (χ0) is 8.97. The second kappa shape index (κ2) is 4.29. The van der Waals surface area contributed by atoms with Gasteiger partial charge in [0.25, 0.3) is 0 Å². The van der Waals surface area contributed by atoms with Gasteiger partial charge in [0.05, 0.1) is 5.69 Å². The van der Waals surface area contributed by atoms with Crippen LogP contribution in [0.4, 0.5) is 0 Å². The van der Waals surface area contributed by atoms with Gasteiger partial charge in [0, 0.05) is 5.69 Å². The van der Waals surface area contributed by atoms with Gasteiger partial charge in [-0.3, -0.25) is 5.10 Å². The van der Waals surface area contributed by atoms with Crippen molar-refractivity contribution < 1.29 is 0 Å². The first-order valence-electron chi connectivity index (χ1n) is 4.60. The van der Waals surface area contributed by atoms with E-state index in [4.69, 9.17) is 0 Å². The van der Waals surface area contributed by atoms with Gasteiger partial charge < -0.3 is 0 Å². The Kier molecular flexibility index (Phi) is 3.32. The lowest BCUT2D eigenvalue weighted by molar-refractivity contribution is 0.789. The molecule has 0 aliphatic carbocycles. The van der Waals surface area contributed by atoms with Crippen LogP contribution in [0, 0.1) is 20.3 Å². The number of aromatic amines is 1. The molecule has 1 aromatic heterocycles. The number of hydrogen-bond donors (Lipinski definition) is 1. The lowest BCUT2D eigenvalue weighted by Gasteiger charge is -1.98. The number of nitrogens with zero attached hydrogens (tertiary/aromatic N) is 1. The predicted octanol–water partition coefficient (Wildman–Crippen LogP) is 2.77. The summed E-state index contributed by atoms with van der Waals surface area (Å²) in [4.78, 5) is 0. The van der Waals surface area contributed by atoms with Crippen molar-refractivity contribution in [2.24, 2.45) is 0 Å². The van der Waals surface area contributed by atoms with Crippen LogP contribution in [0.2, 0.25) is 0 Å². The molecule has 0 saturated heterocycles. The normalized spacial score (nSPS) is 10.6. The Bertz CT molecular complexity index is 218. The van der Waals surface area contributed by atoms with E-state index >= 15 is 0 Å². The SMILES string of the molecule is CCCC[CH]c1c(C)n[nH]c1C. The fraction of sp³-hybridized carbons (Fsp3) is 0.600. The first-order chi connectivity index (χ1) is 5.75. The summed E-state index contributed by atoms with van der Waals surface area (Å²) in [5.74, 6) is 0. The van der Waals surface area contributed by atoms with Gasteiger partial charge in [0.15, 0.2) is 0 Å². The Morgan fingerprint density at radius 1 is 1.42 bits per heavy atom. The van der Waals surface area contributed by atoms with Crippen LogP contribution < -0.4 is 0 Å². The van der Waals surface area contributed by atoms with Gasteiger partial charge in [-0.1, -0.05) is 19.8 Å². The fourth-order valence-corrected chi connectivity index (χ4v) is 1.31. The minimum atomic E-state index is 1.11. The van der Waals surface area contributed by atoms with Gasteiger partial charge in [-0.15, -0.1) is 0 Å². The standard InChI is InChI=1S/C10H17N2/c1-4-5-6-7-10-8(2)11-12-9(10)3/h7H,4-6H2,1-3H3,(H,11,12). The first-order valence-corrected chi connectivity index (χ1v) is 4.60. The largest absolute Gasteiger partial charge is 0.282 e. The summed E-state index contributed by atoms with van der Waals surface area (Å²) in [5, 5.41) is 7.12. The summed E-state index contributed by atoms with van der Waals surface area (Å²) in [6.07, 6.45) is 5.96. The maximum atomic E-state index is 4.14. The molecular formula is C10H17N2. The maximum absolute atomic E-state index is 4.14. The summed E-state index contributed by atoms with van der Waals surface area (Å²) >= 11 is 0. The highest BCUT2D eigenvalue weighted by atomic mass is 15.1. The Morgan fingerprint density at radius 3 is 2.67 bits per heavy atom. The van der Waals surface area contributed by atoms with E-state index in [-0.39, 0.29) is 0 Å². The lowest BCUT2D eigenvalue weighted by Crippen LogP contribution is -1.86. The minimum Gasteiger partial charge on any atom is -0.282 e. The number of hydrogen-bond acceptors (Lipinski definition) is 1. The zero-order valence-electron chi connectivity index (χ0n) is 8.15. The highest BCUT2D eigenvalue weighted by molar-refractivity contribution is 5.30. The van der Waals surface area contributed by atoms with Crippen molar-refractivity contribution in [1.82, 2.24) is 10.2 Å². The molecule has 0 aromatic carbocycles. The third kappa shape index (κ3) is 2.10. The molecule has 0 atom stereocenters. The second-order valence-electron chi connectivity index (χ2n) is 3.19. The molecule has 1 heterocycles. The average molecular weight is 165 g/mol. The maximum Gasteiger partial charge on any atom is 0.0628 e. The summed E-state index contributed by atoms with van der Waals surface area (Å²) < 4.78 is 0. The van der Waals surface area contributed by atoms with Crippen molar-refractivity contribution in [2.45, 2.75) is 40.0 Å². The summed E-state index contributed by atoms with van der Waals surface area (Å²) in [6, 6.07) is 0. The molecule has 12 heavy (non-hydrogen) atoms. The third-order valence-corrected chi connectivity index (χ3v) is 2.09. The van der Waals surface area contributed by atoms with Crippen LogP contribution >= 0.6 is 0 Å². The summed E-state index contributed by atoms with van der Waals surface area (Å²) in [7, 11) is 0. The van der Waals surface area contributed by atoms with Crippen LogP contribution in [0.25, 0.3) is 0 Å². The molecule has 2 heteroatoms. The van der Waals surface area contributed by atoms with E-state index in [1.807, 2.05) is 6.92 Å². The van der Waals surface area contributed by atoms with Crippen LogP contribution in [0.5, 0.6) is 0 Å². The molecule has 1 aromatic rings. The fourth-order valence-electron chi connectivity index (χ4n) is 1.31. The van der Waals surface area contributed by atoms with Crippen LogP contribution in [0.1, 0.15) is 43.1 Å². The van der Waals surface area contributed by atoms with Gasteiger partial charge in [-0.25, -0.2) is 0 Å².